The van der Waals surface area contributed by atoms with Gasteiger partial charge in [-0.25, -0.2) is 4.39 Å². The van der Waals surface area contributed by atoms with Gasteiger partial charge in [0.05, 0.1) is 10.8 Å². The monoisotopic (exact) mass is 362 g/mol. The molecule has 1 fully saturated rings. The van der Waals surface area contributed by atoms with Crippen LogP contribution in [0.3, 0.4) is 0 Å². The second-order valence-corrected chi connectivity index (χ2v) is 7.76. The van der Waals surface area contributed by atoms with Crippen molar-refractivity contribution in [3.63, 3.8) is 0 Å². The predicted molar refractivity (Wildman–Crippen MR) is 96.7 cm³/mol. The molecule has 1 aromatic carbocycles. The van der Waals surface area contributed by atoms with Crippen molar-refractivity contribution in [1.82, 2.24) is 20.1 Å². The Hall–Kier alpha value is -1.89. The molecule has 1 atom stereocenters. The lowest BCUT2D eigenvalue weighted by molar-refractivity contribution is -0.121. The van der Waals surface area contributed by atoms with Crippen LogP contribution < -0.4 is 5.32 Å². The number of hydrogen-bond acceptors (Lipinski definition) is 4. The van der Waals surface area contributed by atoms with Gasteiger partial charge in [0.25, 0.3) is 0 Å². The van der Waals surface area contributed by atoms with E-state index in [1.807, 2.05) is 6.92 Å². The molecular formula is C18H23FN4OS. The standard InChI is InChI=1S/C18H23FN4OS/c1-12(17(24)20-13-8-4-3-5-9-13)25-18-22-21-16(23(18)2)14-10-6-7-11-15(14)19/h6-7,10-13H,3-5,8-9H2,1-2H3,(H,20,24)/t12-/m1/s1. The zero-order valence-electron chi connectivity index (χ0n) is 14.5. The van der Waals surface area contributed by atoms with Crippen molar-refractivity contribution < 1.29 is 9.18 Å². The highest BCUT2D eigenvalue weighted by molar-refractivity contribution is 8.00. The van der Waals surface area contributed by atoms with Crippen molar-refractivity contribution in [2.75, 3.05) is 0 Å². The Morgan fingerprint density at radius 3 is 2.72 bits per heavy atom. The van der Waals surface area contributed by atoms with Gasteiger partial charge in [0, 0.05) is 13.1 Å². The second kappa shape index (κ2) is 7.99. The molecule has 0 unspecified atom stereocenters. The largest absolute Gasteiger partial charge is 0.352 e. The Morgan fingerprint density at radius 1 is 1.28 bits per heavy atom. The topological polar surface area (TPSA) is 59.8 Å². The van der Waals surface area contributed by atoms with Gasteiger partial charge in [0.15, 0.2) is 11.0 Å². The van der Waals surface area contributed by atoms with Crippen molar-refractivity contribution in [3.05, 3.63) is 30.1 Å². The summed E-state index contributed by atoms with van der Waals surface area (Å²) >= 11 is 1.34. The zero-order chi connectivity index (χ0) is 17.8. The molecule has 25 heavy (non-hydrogen) atoms. The fraction of sp³-hybridized carbons (Fsp3) is 0.500. The maximum absolute atomic E-state index is 14.0. The third-order valence-corrected chi connectivity index (χ3v) is 5.69. The Bertz CT molecular complexity index is 742. The number of halogens is 1. The number of rotatable bonds is 5. The van der Waals surface area contributed by atoms with Gasteiger partial charge in [-0.3, -0.25) is 4.79 Å². The number of carbonyl (C=O) groups is 1. The number of aromatic nitrogens is 3. The highest BCUT2D eigenvalue weighted by Gasteiger charge is 2.23. The number of nitrogens with zero attached hydrogens (tertiary/aromatic N) is 3. The number of carbonyl (C=O) groups excluding carboxylic acids is 1. The van der Waals surface area contributed by atoms with Crippen molar-refractivity contribution in [1.29, 1.82) is 0 Å². The molecule has 1 N–H and O–H groups in total. The molecule has 0 saturated heterocycles. The van der Waals surface area contributed by atoms with Crippen LogP contribution in [0.5, 0.6) is 0 Å². The molecule has 5 nitrogen and oxygen atoms in total. The smallest absolute Gasteiger partial charge is 0.233 e. The van der Waals surface area contributed by atoms with Crippen molar-refractivity contribution in [2.24, 2.45) is 7.05 Å². The van der Waals surface area contributed by atoms with Crippen LogP contribution in [-0.2, 0) is 11.8 Å². The highest BCUT2D eigenvalue weighted by Crippen LogP contribution is 2.27. The number of benzene rings is 1. The first kappa shape index (κ1) is 17.9. The Balaban J connectivity index is 1.66. The molecule has 7 heteroatoms. The van der Waals surface area contributed by atoms with E-state index in [2.05, 4.69) is 15.5 Å². The average molecular weight is 362 g/mol. The molecule has 0 aliphatic heterocycles. The summed E-state index contributed by atoms with van der Waals surface area (Å²) in [7, 11) is 1.79. The molecule has 1 heterocycles. The summed E-state index contributed by atoms with van der Waals surface area (Å²) in [5.74, 6) is 0.144. The van der Waals surface area contributed by atoms with E-state index in [-0.39, 0.29) is 23.0 Å². The lowest BCUT2D eigenvalue weighted by Gasteiger charge is -2.24. The van der Waals surface area contributed by atoms with Crippen LogP contribution in [0, 0.1) is 5.82 Å². The van der Waals surface area contributed by atoms with Crippen molar-refractivity contribution >= 4 is 17.7 Å². The molecular weight excluding hydrogens is 339 g/mol. The third-order valence-electron chi connectivity index (χ3n) is 4.55. The van der Waals surface area contributed by atoms with Gasteiger partial charge >= 0.3 is 0 Å². The maximum Gasteiger partial charge on any atom is 0.233 e. The summed E-state index contributed by atoms with van der Waals surface area (Å²) in [5, 5.41) is 11.7. The minimum Gasteiger partial charge on any atom is -0.352 e. The van der Waals surface area contributed by atoms with Crippen LogP contribution in [0.25, 0.3) is 11.4 Å². The minimum atomic E-state index is -0.336. The number of nitrogens with one attached hydrogen (secondary N) is 1. The van der Waals surface area contributed by atoms with E-state index in [0.29, 0.717) is 16.5 Å². The van der Waals surface area contributed by atoms with Gasteiger partial charge < -0.3 is 9.88 Å². The van der Waals surface area contributed by atoms with Gasteiger partial charge in [0.2, 0.25) is 5.91 Å². The normalized spacial score (nSPS) is 16.6. The van der Waals surface area contributed by atoms with E-state index in [4.69, 9.17) is 0 Å². The van der Waals surface area contributed by atoms with E-state index >= 15 is 0 Å². The minimum absolute atomic E-state index is 0.0207. The molecule has 0 bridgehead atoms. The second-order valence-electron chi connectivity index (χ2n) is 6.45. The van der Waals surface area contributed by atoms with E-state index in [0.717, 1.165) is 12.8 Å². The van der Waals surface area contributed by atoms with Gasteiger partial charge in [0.1, 0.15) is 5.82 Å². The van der Waals surface area contributed by atoms with Crippen LogP contribution in [0.1, 0.15) is 39.0 Å². The molecule has 3 rings (SSSR count). The summed E-state index contributed by atoms with van der Waals surface area (Å²) < 4.78 is 15.7. The van der Waals surface area contributed by atoms with Crippen LogP contribution in [0.4, 0.5) is 4.39 Å². The molecule has 2 aromatic rings. The SMILES string of the molecule is C[C@@H](Sc1nnc(-c2ccccc2F)n1C)C(=O)NC1CCCCC1. The average Bonchev–Trinajstić information content (AvgIpc) is 2.97. The van der Waals surface area contributed by atoms with E-state index < -0.39 is 0 Å². The molecule has 134 valence electrons. The predicted octanol–water partition coefficient (Wildman–Crippen LogP) is 3.55. The van der Waals surface area contributed by atoms with E-state index in [1.165, 1.54) is 37.1 Å². The van der Waals surface area contributed by atoms with E-state index in [9.17, 15) is 9.18 Å². The first-order chi connectivity index (χ1) is 12.1. The van der Waals surface area contributed by atoms with Crippen molar-refractivity contribution in [3.8, 4) is 11.4 Å². The van der Waals surface area contributed by atoms with Gasteiger partial charge in [-0.1, -0.05) is 43.2 Å². The Morgan fingerprint density at radius 2 is 2.00 bits per heavy atom. The van der Waals surface area contributed by atoms with Crippen LogP contribution in [0.2, 0.25) is 0 Å². The van der Waals surface area contributed by atoms with E-state index in [1.54, 1.807) is 29.8 Å². The van der Waals surface area contributed by atoms with Gasteiger partial charge in [-0.05, 0) is 31.9 Å². The summed E-state index contributed by atoms with van der Waals surface area (Å²) in [6.07, 6.45) is 5.74. The fourth-order valence-electron chi connectivity index (χ4n) is 3.07. The van der Waals surface area contributed by atoms with Crippen LogP contribution in [0.15, 0.2) is 29.4 Å². The molecule has 1 aliphatic rings. The molecule has 1 aromatic heterocycles. The maximum atomic E-state index is 14.0. The lowest BCUT2D eigenvalue weighted by atomic mass is 9.95. The number of hydrogen-bond donors (Lipinski definition) is 1. The Labute approximate surface area is 151 Å². The zero-order valence-corrected chi connectivity index (χ0v) is 15.4. The molecule has 1 aliphatic carbocycles. The highest BCUT2D eigenvalue weighted by atomic mass is 32.2. The first-order valence-electron chi connectivity index (χ1n) is 8.67. The third kappa shape index (κ3) is 4.21. The van der Waals surface area contributed by atoms with Crippen molar-refractivity contribution in [2.45, 2.75) is 55.5 Å². The van der Waals surface area contributed by atoms with Crippen LogP contribution >= 0.6 is 11.8 Å². The van der Waals surface area contributed by atoms with Gasteiger partial charge in [-0.15, -0.1) is 10.2 Å². The van der Waals surface area contributed by atoms with Crippen LogP contribution in [-0.4, -0.2) is 32.0 Å². The van der Waals surface area contributed by atoms with Gasteiger partial charge in [-0.2, -0.15) is 0 Å². The summed E-state index contributed by atoms with van der Waals surface area (Å²) in [6.45, 7) is 1.86. The lowest BCUT2D eigenvalue weighted by Crippen LogP contribution is -2.40. The number of thioether (sulfide) groups is 1. The Kier molecular flexibility index (Phi) is 5.73. The first-order valence-corrected chi connectivity index (χ1v) is 9.55. The summed E-state index contributed by atoms with van der Waals surface area (Å²) in [6, 6.07) is 6.77. The summed E-state index contributed by atoms with van der Waals surface area (Å²) in [5.41, 5.74) is 0.406. The molecule has 1 saturated carbocycles. The number of amides is 1. The summed E-state index contributed by atoms with van der Waals surface area (Å²) in [4.78, 5) is 12.4. The molecule has 0 spiro atoms. The quantitative estimate of drug-likeness (QED) is 0.827. The molecule has 0 radical (unpaired) electrons. The fourth-order valence-corrected chi connectivity index (χ4v) is 3.90. The molecule has 1 amide bonds.